The molecule has 4 N–H and O–H groups in total. The third-order valence-electron chi connectivity index (χ3n) is 5.68. The van der Waals surface area contributed by atoms with E-state index in [1.54, 1.807) is 16.8 Å². The molecule has 10 nitrogen and oxygen atoms in total. The van der Waals surface area contributed by atoms with Crippen molar-refractivity contribution >= 4 is 34.3 Å². The van der Waals surface area contributed by atoms with Crippen molar-refractivity contribution in [1.82, 2.24) is 9.55 Å². The number of pyridine rings is 1. The largest absolute Gasteiger partial charge is 0.464 e. The lowest BCUT2D eigenvalue weighted by Crippen LogP contribution is -2.28. The molecule has 2 atom stereocenters. The second-order valence-corrected chi connectivity index (χ2v) is 8.09. The molecule has 1 aliphatic heterocycles. The summed E-state index contributed by atoms with van der Waals surface area (Å²) in [5.41, 5.74) is 2.45. The molecular weight excluding hydrogens is 440 g/mol. The lowest BCUT2D eigenvalue weighted by atomic mass is 10.2. The molecule has 1 saturated heterocycles. The molecule has 3 aromatic rings. The first kappa shape index (κ1) is 23.7. The number of carbonyl (C=O) groups excluding carboxylic acids is 2. The summed E-state index contributed by atoms with van der Waals surface area (Å²) in [6, 6.07) is 11.3. The Balaban J connectivity index is 1.82. The van der Waals surface area contributed by atoms with Gasteiger partial charge in [0.05, 0.1) is 37.4 Å². The van der Waals surface area contributed by atoms with E-state index in [1.165, 1.54) is 7.11 Å². The van der Waals surface area contributed by atoms with Crippen molar-refractivity contribution in [2.75, 3.05) is 37.5 Å². The molecule has 0 spiro atoms. The zero-order valence-corrected chi connectivity index (χ0v) is 18.9. The van der Waals surface area contributed by atoms with Gasteiger partial charge in [0.15, 0.2) is 5.69 Å². The number of methoxy groups -OCH3 is 1. The van der Waals surface area contributed by atoms with Gasteiger partial charge in [-0.3, -0.25) is 4.79 Å². The van der Waals surface area contributed by atoms with Crippen LogP contribution in [0.15, 0.2) is 42.6 Å². The molecule has 0 saturated carbocycles. The third-order valence-corrected chi connectivity index (χ3v) is 5.68. The van der Waals surface area contributed by atoms with Crippen molar-refractivity contribution in [3.8, 4) is 0 Å². The predicted octanol–water partition coefficient (Wildman–Crippen LogP) is 1.75. The maximum absolute atomic E-state index is 12.9. The summed E-state index contributed by atoms with van der Waals surface area (Å²) in [6.07, 6.45) is 1.43. The number of fused-ring (bicyclic) bond motifs is 1. The second kappa shape index (κ2) is 10.6. The van der Waals surface area contributed by atoms with Gasteiger partial charge in [0.2, 0.25) is 0 Å². The Labute approximate surface area is 196 Å². The van der Waals surface area contributed by atoms with Crippen molar-refractivity contribution in [1.29, 1.82) is 0 Å². The number of ether oxygens (including phenoxy) is 2. The van der Waals surface area contributed by atoms with Crippen LogP contribution in [0.5, 0.6) is 0 Å². The fourth-order valence-electron chi connectivity index (χ4n) is 3.97. The van der Waals surface area contributed by atoms with E-state index in [0.29, 0.717) is 36.3 Å². The smallest absolute Gasteiger partial charge is 0.356 e. The fraction of sp³-hybridized carbons (Fsp3) is 0.375. The SMILES string of the molecule is COC(=O)c1c(NC(=O)[C@H]2CCCO2)c2cc(NC[C@@H](O)CO)cnc2n1Cc1ccccc1. The topological polar surface area (TPSA) is 135 Å². The van der Waals surface area contributed by atoms with Gasteiger partial charge in [0, 0.05) is 25.1 Å². The summed E-state index contributed by atoms with van der Waals surface area (Å²) in [5.74, 6) is -0.947. The number of hydrogen-bond donors (Lipinski definition) is 4. The van der Waals surface area contributed by atoms with Crippen LogP contribution in [-0.4, -0.2) is 70.7 Å². The average Bonchev–Trinajstić information content (AvgIpc) is 3.50. The normalized spacial score (nSPS) is 16.4. The highest BCUT2D eigenvalue weighted by Crippen LogP contribution is 2.34. The molecule has 1 aromatic carbocycles. The van der Waals surface area contributed by atoms with E-state index in [0.717, 1.165) is 12.0 Å². The maximum atomic E-state index is 12.9. The number of amides is 1. The minimum absolute atomic E-state index is 0.107. The van der Waals surface area contributed by atoms with Gasteiger partial charge < -0.3 is 34.9 Å². The van der Waals surface area contributed by atoms with Crippen LogP contribution in [0.3, 0.4) is 0 Å². The molecule has 0 aliphatic carbocycles. The first-order valence-corrected chi connectivity index (χ1v) is 11.1. The highest BCUT2D eigenvalue weighted by Gasteiger charge is 2.30. The lowest BCUT2D eigenvalue weighted by molar-refractivity contribution is -0.124. The minimum atomic E-state index is -0.942. The second-order valence-electron chi connectivity index (χ2n) is 8.09. The zero-order chi connectivity index (χ0) is 24.1. The number of esters is 1. The Morgan fingerprint density at radius 2 is 2.12 bits per heavy atom. The van der Waals surface area contributed by atoms with Crippen molar-refractivity contribution in [2.45, 2.75) is 31.6 Å². The molecule has 1 aliphatic rings. The van der Waals surface area contributed by atoms with Gasteiger partial charge in [-0.1, -0.05) is 30.3 Å². The van der Waals surface area contributed by atoms with Gasteiger partial charge in [0.25, 0.3) is 5.91 Å². The Morgan fingerprint density at radius 3 is 2.79 bits per heavy atom. The van der Waals surface area contributed by atoms with E-state index < -0.39 is 18.2 Å². The maximum Gasteiger partial charge on any atom is 0.356 e. The number of anilines is 2. The molecule has 3 heterocycles. The quantitative estimate of drug-likeness (QED) is 0.349. The molecular formula is C24H28N4O6. The number of benzene rings is 1. The monoisotopic (exact) mass is 468 g/mol. The van der Waals surface area contributed by atoms with Crippen LogP contribution >= 0.6 is 0 Å². The molecule has 4 rings (SSSR count). The molecule has 10 heteroatoms. The minimum Gasteiger partial charge on any atom is -0.464 e. The first-order chi connectivity index (χ1) is 16.5. The van der Waals surface area contributed by atoms with Gasteiger partial charge in [-0.2, -0.15) is 0 Å². The number of nitrogens with one attached hydrogen (secondary N) is 2. The Bertz CT molecular complexity index is 1160. The average molecular weight is 469 g/mol. The van der Waals surface area contributed by atoms with Gasteiger partial charge in [-0.05, 0) is 24.5 Å². The summed E-state index contributed by atoms with van der Waals surface area (Å²) < 4.78 is 12.3. The predicted molar refractivity (Wildman–Crippen MR) is 126 cm³/mol. The van der Waals surface area contributed by atoms with E-state index in [4.69, 9.17) is 14.6 Å². The van der Waals surface area contributed by atoms with Crippen LogP contribution < -0.4 is 10.6 Å². The van der Waals surface area contributed by atoms with Crippen molar-refractivity contribution in [2.24, 2.45) is 0 Å². The Morgan fingerprint density at radius 1 is 1.32 bits per heavy atom. The molecule has 2 aromatic heterocycles. The molecule has 1 fully saturated rings. The molecule has 0 bridgehead atoms. The highest BCUT2D eigenvalue weighted by molar-refractivity contribution is 6.12. The van der Waals surface area contributed by atoms with Crippen molar-refractivity contribution in [3.63, 3.8) is 0 Å². The number of nitrogens with zero attached hydrogens (tertiary/aromatic N) is 2. The van der Waals surface area contributed by atoms with Crippen molar-refractivity contribution < 1.29 is 29.3 Å². The number of aliphatic hydroxyl groups is 2. The van der Waals surface area contributed by atoms with Crippen LogP contribution in [0.2, 0.25) is 0 Å². The Hall–Kier alpha value is -3.47. The summed E-state index contributed by atoms with van der Waals surface area (Å²) in [7, 11) is 1.29. The van der Waals surface area contributed by atoms with Gasteiger partial charge >= 0.3 is 5.97 Å². The number of aliphatic hydroxyl groups excluding tert-OH is 2. The van der Waals surface area contributed by atoms with E-state index >= 15 is 0 Å². The van der Waals surface area contributed by atoms with E-state index in [2.05, 4.69) is 15.6 Å². The zero-order valence-electron chi connectivity index (χ0n) is 18.9. The van der Waals surface area contributed by atoms with Gasteiger partial charge in [-0.15, -0.1) is 0 Å². The number of aromatic nitrogens is 2. The molecule has 180 valence electrons. The van der Waals surface area contributed by atoms with Crippen LogP contribution in [0.25, 0.3) is 11.0 Å². The van der Waals surface area contributed by atoms with Crippen LogP contribution in [-0.2, 0) is 20.8 Å². The number of carbonyl (C=O) groups is 2. The fourth-order valence-corrected chi connectivity index (χ4v) is 3.97. The summed E-state index contributed by atoms with van der Waals surface area (Å²) in [5, 5.41) is 25.2. The van der Waals surface area contributed by atoms with Crippen LogP contribution in [0.1, 0.15) is 28.9 Å². The lowest BCUT2D eigenvalue weighted by Gasteiger charge is -2.13. The first-order valence-electron chi connectivity index (χ1n) is 11.1. The highest BCUT2D eigenvalue weighted by atomic mass is 16.5. The molecule has 0 radical (unpaired) electrons. The number of rotatable bonds is 9. The van der Waals surface area contributed by atoms with Crippen LogP contribution in [0, 0.1) is 0 Å². The molecule has 1 amide bonds. The van der Waals surface area contributed by atoms with E-state index in [1.807, 2.05) is 30.3 Å². The Kier molecular flexibility index (Phi) is 7.41. The standard InChI is InChI=1S/C24H28N4O6/c1-33-24(32)21-20(27-23(31)19-8-5-9-34-19)18-10-16(25-12-17(30)14-29)11-26-22(18)28(21)13-15-6-3-2-4-7-15/h2-4,6-7,10-11,17,19,25,29-30H,5,8-9,12-14H2,1H3,(H,27,31)/t17-,19-/m1/s1. The van der Waals surface area contributed by atoms with Crippen molar-refractivity contribution in [3.05, 3.63) is 53.9 Å². The van der Waals surface area contributed by atoms with Crippen LogP contribution in [0.4, 0.5) is 11.4 Å². The summed E-state index contributed by atoms with van der Waals surface area (Å²) >= 11 is 0. The number of hydrogen-bond acceptors (Lipinski definition) is 8. The van der Waals surface area contributed by atoms with E-state index in [9.17, 15) is 14.7 Å². The summed E-state index contributed by atoms with van der Waals surface area (Å²) in [6.45, 7) is 0.572. The molecule has 34 heavy (non-hydrogen) atoms. The molecule has 0 unspecified atom stereocenters. The summed E-state index contributed by atoms with van der Waals surface area (Å²) in [4.78, 5) is 30.4. The van der Waals surface area contributed by atoms with Gasteiger partial charge in [-0.25, -0.2) is 9.78 Å². The third kappa shape index (κ3) is 5.04. The van der Waals surface area contributed by atoms with Gasteiger partial charge in [0.1, 0.15) is 11.8 Å². The van der Waals surface area contributed by atoms with E-state index in [-0.39, 0.29) is 30.4 Å².